The fourth-order valence-electron chi connectivity index (χ4n) is 2.22. The fourth-order valence-corrected chi connectivity index (χ4v) is 2.22. The normalized spacial score (nSPS) is 20.1. The fraction of sp³-hybridized carbons (Fsp3) is 0.429. The van der Waals surface area contributed by atoms with Gasteiger partial charge < -0.3 is 20.5 Å². The van der Waals surface area contributed by atoms with Gasteiger partial charge in [0.2, 0.25) is 5.91 Å². The number of likely N-dealkylation sites (tertiary alicyclic amines) is 1. The molecule has 0 aromatic heterocycles. The molecule has 6 heteroatoms. The maximum Gasteiger partial charge on any atom is 0.328 e. The summed E-state index contributed by atoms with van der Waals surface area (Å²) in [5, 5.41) is 9.22. The van der Waals surface area contributed by atoms with E-state index in [1.807, 2.05) is 30.3 Å². The maximum atomic E-state index is 11.7. The van der Waals surface area contributed by atoms with E-state index >= 15 is 0 Å². The lowest BCUT2D eigenvalue weighted by Crippen LogP contribution is -2.46. The summed E-state index contributed by atoms with van der Waals surface area (Å²) >= 11 is 0. The molecule has 1 amide bonds. The van der Waals surface area contributed by atoms with E-state index in [2.05, 4.69) is 0 Å². The highest BCUT2D eigenvalue weighted by Crippen LogP contribution is 2.14. The third-order valence-corrected chi connectivity index (χ3v) is 3.24. The van der Waals surface area contributed by atoms with Gasteiger partial charge in [-0.3, -0.25) is 4.79 Å². The maximum absolute atomic E-state index is 11.7. The first-order chi connectivity index (χ1) is 9.58. The predicted octanol–water partition coefficient (Wildman–Crippen LogP) is 0.216. The Morgan fingerprint density at radius 2 is 2.15 bits per heavy atom. The van der Waals surface area contributed by atoms with E-state index in [-0.39, 0.29) is 31.5 Å². The minimum atomic E-state index is -1.07. The molecule has 0 radical (unpaired) electrons. The quantitative estimate of drug-likeness (QED) is 0.776. The van der Waals surface area contributed by atoms with Crippen LogP contribution in [-0.4, -0.2) is 47.1 Å². The van der Waals surface area contributed by atoms with E-state index in [1.165, 1.54) is 4.90 Å². The number of carboxylic acid groups (broad SMARTS) is 1. The van der Waals surface area contributed by atoms with Crippen molar-refractivity contribution in [1.82, 2.24) is 4.90 Å². The van der Waals surface area contributed by atoms with Gasteiger partial charge in [0.25, 0.3) is 0 Å². The van der Waals surface area contributed by atoms with Gasteiger partial charge in [-0.1, -0.05) is 30.3 Å². The molecule has 2 rings (SSSR count). The second-order valence-electron chi connectivity index (χ2n) is 4.87. The van der Waals surface area contributed by atoms with Crippen LogP contribution in [0.4, 0.5) is 0 Å². The van der Waals surface area contributed by atoms with Gasteiger partial charge in [-0.05, 0) is 5.56 Å². The number of hydrogen-bond acceptors (Lipinski definition) is 4. The summed E-state index contributed by atoms with van der Waals surface area (Å²) in [5.41, 5.74) is 6.64. The first-order valence-electron chi connectivity index (χ1n) is 6.47. The molecule has 1 unspecified atom stereocenters. The van der Waals surface area contributed by atoms with Crippen molar-refractivity contribution in [3.63, 3.8) is 0 Å². The van der Waals surface area contributed by atoms with E-state index in [0.717, 1.165) is 5.56 Å². The Balaban J connectivity index is 1.90. The van der Waals surface area contributed by atoms with E-state index in [1.54, 1.807) is 0 Å². The van der Waals surface area contributed by atoms with Crippen molar-refractivity contribution in [2.24, 2.45) is 5.73 Å². The van der Waals surface area contributed by atoms with Crippen LogP contribution in [0, 0.1) is 0 Å². The third kappa shape index (κ3) is 3.55. The number of nitrogens with zero attached hydrogens (tertiary/aromatic N) is 1. The molecule has 108 valence electrons. The van der Waals surface area contributed by atoms with Crippen molar-refractivity contribution in [3.8, 4) is 0 Å². The Morgan fingerprint density at radius 1 is 1.45 bits per heavy atom. The number of hydrogen-bond donors (Lipinski definition) is 2. The van der Waals surface area contributed by atoms with Gasteiger partial charge in [0, 0.05) is 19.0 Å². The van der Waals surface area contributed by atoms with Gasteiger partial charge in [-0.2, -0.15) is 0 Å². The van der Waals surface area contributed by atoms with Crippen LogP contribution < -0.4 is 5.73 Å². The Hall–Kier alpha value is -1.92. The van der Waals surface area contributed by atoms with Crippen LogP contribution in [0.15, 0.2) is 30.3 Å². The monoisotopic (exact) mass is 278 g/mol. The van der Waals surface area contributed by atoms with Crippen molar-refractivity contribution in [2.45, 2.75) is 25.1 Å². The topological polar surface area (TPSA) is 92.9 Å². The zero-order chi connectivity index (χ0) is 14.5. The molecule has 2 atom stereocenters. The van der Waals surface area contributed by atoms with Gasteiger partial charge >= 0.3 is 5.97 Å². The Bertz CT molecular complexity index is 477. The summed E-state index contributed by atoms with van der Waals surface area (Å²) in [4.78, 5) is 24.2. The highest BCUT2D eigenvalue weighted by Gasteiger charge is 2.36. The minimum Gasteiger partial charge on any atom is -0.480 e. The molecule has 3 N–H and O–H groups in total. The predicted molar refractivity (Wildman–Crippen MR) is 71.8 cm³/mol. The number of benzene rings is 1. The van der Waals surface area contributed by atoms with Crippen molar-refractivity contribution < 1.29 is 19.4 Å². The van der Waals surface area contributed by atoms with E-state index in [9.17, 15) is 14.7 Å². The molecule has 1 saturated heterocycles. The molecule has 0 spiro atoms. The lowest BCUT2D eigenvalue weighted by molar-refractivity contribution is -0.151. The summed E-state index contributed by atoms with van der Waals surface area (Å²) < 4.78 is 5.42. The molecule has 1 fully saturated rings. The Morgan fingerprint density at radius 3 is 2.70 bits per heavy atom. The van der Waals surface area contributed by atoms with Crippen LogP contribution in [0.1, 0.15) is 12.0 Å². The molecule has 20 heavy (non-hydrogen) atoms. The molecule has 1 heterocycles. The zero-order valence-corrected chi connectivity index (χ0v) is 11.1. The number of aliphatic carboxylic acids is 1. The Kier molecular flexibility index (Phi) is 4.70. The molecule has 1 aliphatic rings. The molecule has 6 nitrogen and oxygen atoms in total. The zero-order valence-electron chi connectivity index (χ0n) is 11.1. The van der Waals surface area contributed by atoms with Crippen molar-refractivity contribution in [3.05, 3.63) is 35.9 Å². The van der Waals surface area contributed by atoms with Crippen LogP contribution in [0.5, 0.6) is 0 Å². The molecule has 1 aromatic carbocycles. The third-order valence-electron chi connectivity index (χ3n) is 3.24. The van der Waals surface area contributed by atoms with Gasteiger partial charge in [-0.15, -0.1) is 0 Å². The number of carboxylic acids is 1. The molecule has 0 aliphatic carbocycles. The van der Waals surface area contributed by atoms with Gasteiger partial charge in [0.05, 0.1) is 13.2 Å². The smallest absolute Gasteiger partial charge is 0.328 e. The molecule has 1 aliphatic heterocycles. The summed E-state index contributed by atoms with van der Waals surface area (Å²) in [6.07, 6.45) is 0.197. The van der Waals surface area contributed by atoms with Crippen LogP contribution in [0.3, 0.4) is 0 Å². The highest BCUT2D eigenvalue weighted by atomic mass is 16.5. The molecule has 1 aromatic rings. The van der Waals surface area contributed by atoms with Crippen LogP contribution in [0.2, 0.25) is 0 Å². The lowest BCUT2D eigenvalue weighted by Gasteiger charge is -2.24. The summed E-state index contributed by atoms with van der Waals surface area (Å²) in [6.45, 7) is 0.548. The highest BCUT2D eigenvalue weighted by molar-refractivity contribution is 5.85. The number of amides is 1. The average Bonchev–Trinajstić information content (AvgIpc) is 2.74. The van der Waals surface area contributed by atoms with E-state index < -0.39 is 12.0 Å². The molecule has 0 saturated carbocycles. The Labute approximate surface area is 117 Å². The second kappa shape index (κ2) is 6.49. The number of carbonyl (C=O) groups excluding carboxylic acids is 1. The number of nitrogens with two attached hydrogens (primary N) is 1. The van der Waals surface area contributed by atoms with Crippen molar-refractivity contribution in [1.29, 1.82) is 0 Å². The van der Waals surface area contributed by atoms with Crippen molar-refractivity contribution >= 4 is 11.9 Å². The SMILES string of the molecule is NC1CC(=O)N([C@@H](COCc2ccccc2)C(=O)O)C1. The summed E-state index contributed by atoms with van der Waals surface area (Å²) in [5.74, 6) is -1.30. The van der Waals surface area contributed by atoms with E-state index in [0.29, 0.717) is 6.61 Å². The molecular formula is C14H18N2O4. The van der Waals surface area contributed by atoms with Crippen LogP contribution in [0.25, 0.3) is 0 Å². The van der Waals surface area contributed by atoms with Gasteiger partial charge in [0.15, 0.2) is 6.04 Å². The van der Waals surface area contributed by atoms with Gasteiger partial charge in [0.1, 0.15) is 0 Å². The van der Waals surface area contributed by atoms with Crippen LogP contribution >= 0.6 is 0 Å². The second-order valence-corrected chi connectivity index (χ2v) is 4.87. The first kappa shape index (κ1) is 14.5. The average molecular weight is 278 g/mol. The number of carbonyl (C=O) groups is 2. The van der Waals surface area contributed by atoms with Gasteiger partial charge in [-0.25, -0.2) is 4.79 Å². The molecule has 0 bridgehead atoms. The van der Waals surface area contributed by atoms with E-state index in [4.69, 9.17) is 10.5 Å². The number of rotatable bonds is 6. The van der Waals surface area contributed by atoms with Crippen molar-refractivity contribution in [2.75, 3.05) is 13.2 Å². The summed E-state index contributed by atoms with van der Waals surface area (Å²) in [7, 11) is 0. The first-order valence-corrected chi connectivity index (χ1v) is 6.47. The lowest BCUT2D eigenvalue weighted by atomic mass is 10.2. The van der Waals surface area contributed by atoms with Crippen LogP contribution in [-0.2, 0) is 20.9 Å². The standard InChI is InChI=1S/C14H18N2O4/c15-11-6-13(17)16(7-11)12(14(18)19)9-20-8-10-4-2-1-3-5-10/h1-5,11-12H,6-9,15H2,(H,18,19)/t11?,12-/m0/s1. The minimum absolute atomic E-state index is 0.0390. The largest absolute Gasteiger partial charge is 0.480 e. The molecular weight excluding hydrogens is 260 g/mol. The summed E-state index contributed by atoms with van der Waals surface area (Å²) in [6, 6.07) is 8.19. The number of ether oxygens (including phenoxy) is 1.